The molecule has 4 atom stereocenters. The van der Waals surface area contributed by atoms with Gasteiger partial charge in [0.1, 0.15) is 18.2 Å². The van der Waals surface area contributed by atoms with Crippen molar-refractivity contribution >= 4 is 27.7 Å². The van der Waals surface area contributed by atoms with Crippen LogP contribution in [0, 0.1) is 11.8 Å². The van der Waals surface area contributed by atoms with Crippen molar-refractivity contribution in [2.45, 2.75) is 49.0 Å². The van der Waals surface area contributed by atoms with Crippen molar-refractivity contribution in [2.75, 3.05) is 6.61 Å². The first-order chi connectivity index (χ1) is 11.7. The number of hydrogen-bond donors (Lipinski definition) is 0. The number of nitrogens with zero attached hydrogens (tertiary/aromatic N) is 1. The smallest absolute Gasteiger partial charge is 0.302 e. The topological polar surface area (TPSA) is 108 Å². The highest BCUT2D eigenvalue weighted by Crippen LogP contribution is 2.28. The van der Waals surface area contributed by atoms with Gasteiger partial charge in [0, 0.05) is 13.3 Å². The molecule has 0 amide bonds. The highest BCUT2D eigenvalue weighted by atomic mass is 35.5. The van der Waals surface area contributed by atoms with E-state index in [1.807, 2.05) is 6.92 Å². The van der Waals surface area contributed by atoms with Gasteiger partial charge in [0.05, 0.1) is 11.5 Å². The lowest BCUT2D eigenvalue weighted by molar-refractivity contribution is -0.168. The molecule has 1 saturated heterocycles. The number of benzene rings is 1. The number of carbonyl (C=O) groups excluding carboxylic acids is 1. The van der Waals surface area contributed by atoms with Gasteiger partial charge in [0.15, 0.2) is 5.56 Å². The van der Waals surface area contributed by atoms with E-state index in [9.17, 15) is 18.1 Å². The second kappa shape index (κ2) is 8.22. The Hall–Kier alpha value is -1.55. The Morgan fingerprint density at radius 3 is 2.56 bits per heavy atom. The van der Waals surface area contributed by atoms with Crippen LogP contribution < -0.4 is 0 Å². The van der Waals surface area contributed by atoms with E-state index in [1.54, 1.807) is 12.1 Å². The monoisotopic (exact) mass is 391 g/mol. The van der Waals surface area contributed by atoms with Crippen molar-refractivity contribution in [3.8, 4) is 0 Å². The number of esters is 1. The van der Waals surface area contributed by atoms with E-state index < -0.39 is 46.5 Å². The second-order valence-corrected chi connectivity index (χ2v) is 7.68. The molecule has 1 aromatic carbocycles. The fourth-order valence-electron chi connectivity index (χ4n) is 2.35. The van der Waals surface area contributed by atoms with Crippen LogP contribution in [0.4, 0.5) is 0 Å². The molecule has 10 heteroatoms. The maximum absolute atomic E-state index is 12.2. The van der Waals surface area contributed by atoms with Crippen LogP contribution in [0.1, 0.15) is 18.9 Å². The average Bonchev–Trinajstić information content (AvgIpc) is 2.54. The molecule has 0 radical (unpaired) electrons. The number of hydrogen-bond acceptors (Lipinski definition) is 8. The molecule has 0 bridgehead atoms. The lowest BCUT2D eigenvalue weighted by Gasteiger charge is -2.35. The van der Waals surface area contributed by atoms with E-state index in [0.29, 0.717) is 0 Å². The fourth-order valence-corrected chi connectivity index (χ4v) is 3.55. The molecule has 2 rings (SSSR count). The molecule has 25 heavy (non-hydrogen) atoms. The number of carbonyl (C=O) groups is 1. The highest BCUT2D eigenvalue weighted by Gasteiger charge is 2.41. The van der Waals surface area contributed by atoms with Crippen molar-refractivity contribution in [3.05, 3.63) is 34.7 Å². The van der Waals surface area contributed by atoms with Crippen LogP contribution in [-0.2, 0) is 28.6 Å². The first-order valence-corrected chi connectivity index (χ1v) is 9.32. The number of rotatable bonds is 6. The number of ether oxygens (including phenoxy) is 2. The summed E-state index contributed by atoms with van der Waals surface area (Å²) in [6.45, 7) is 2.61. The van der Waals surface area contributed by atoms with Gasteiger partial charge in [-0.2, -0.15) is 13.3 Å². The van der Waals surface area contributed by atoms with Crippen LogP contribution in [0.3, 0.4) is 0 Å². The van der Waals surface area contributed by atoms with Gasteiger partial charge in [-0.25, -0.2) is 0 Å². The van der Waals surface area contributed by atoms with Crippen molar-refractivity contribution in [3.63, 3.8) is 0 Å². The molecule has 1 fully saturated rings. The molecule has 138 valence electrons. The maximum Gasteiger partial charge on any atom is 0.302 e. The lowest BCUT2D eigenvalue weighted by Crippen LogP contribution is -2.48. The minimum Gasteiger partial charge on any atom is -0.460 e. The van der Waals surface area contributed by atoms with Crippen molar-refractivity contribution in [2.24, 2.45) is 5.18 Å². The van der Waals surface area contributed by atoms with E-state index in [4.69, 9.17) is 25.3 Å². The Bertz CT molecular complexity index is 722. The first-order valence-electron chi connectivity index (χ1n) is 7.48. The number of alkyl halides is 1. The normalized spacial score (nSPS) is 26.8. The Morgan fingerprint density at radius 1 is 1.36 bits per heavy atom. The number of nitroso groups, excluding NO2 is 1. The summed E-state index contributed by atoms with van der Waals surface area (Å²) in [4.78, 5) is 22.0. The van der Waals surface area contributed by atoms with Crippen LogP contribution in [0.25, 0.3) is 0 Å². The molecule has 0 saturated carbocycles. The van der Waals surface area contributed by atoms with Gasteiger partial charge in [0.2, 0.25) is 0 Å². The maximum atomic E-state index is 12.2. The van der Waals surface area contributed by atoms with E-state index >= 15 is 0 Å². The van der Waals surface area contributed by atoms with Crippen LogP contribution >= 0.6 is 11.6 Å². The van der Waals surface area contributed by atoms with E-state index in [2.05, 4.69) is 5.18 Å². The largest absolute Gasteiger partial charge is 0.460 e. The van der Waals surface area contributed by atoms with Crippen LogP contribution in [0.5, 0.6) is 0 Å². The number of halogens is 1. The Morgan fingerprint density at radius 2 is 2.00 bits per heavy atom. The predicted octanol–water partition coefficient (Wildman–Crippen LogP) is 2.12. The predicted molar refractivity (Wildman–Crippen MR) is 88.6 cm³/mol. The molecule has 1 unspecified atom stereocenters. The summed E-state index contributed by atoms with van der Waals surface area (Å²) in [5, 5.41) is 2.83. The second-order valence-electron chi connectivity index (χ2n) is 5.63. The zero-order chi connectivity index (χ0) is 18.6. The lowest BCUT2D eigenvalue weighted by atomic mass is 10.0. The van der Waals surface area contributed by atoms with Crippen LogP contribution in [0.2, 0.25) is 0 Å². The summed E-state index contributed by atoms with van der Waals surface area (Å²) in [6.07, 6.45) is -1.80. The summed E-state index contributed by atoms with van der Waals surface area (Å²) in [7, 11) is -4.01. The molecule has 0 N–H and O–H groups in total. The fraction of sp³-hybridized carbons (Fsp3) is 0.533. The quantitative estimate of drug-likeness (QED) is 0.316. The summed E-state index contributed by atoms with van der Waals surface area (Å²) in [5.74, 6) is -0.599. The third kappa shape index (κ3) is 5.21. The number of aryl methyl sites for hydroxylation is 1. The molecule has 1 aliphatic rings. The third-order valence-corrected chi connectivity index (χ3v) is 5.34. The summed E-state index contributed by atoms with van der Waals surface area (Å²) in [5.41, 5.74) is -0.151. The average molecular weight is 392 g/mol. The van der Waals surface area contributed by atoms with Gasteiger partial charge in [-0.1, -0.05) is 34.5 Å². The van der Waals surface area contributed by atoms with Crippen LogP contribution in [-0.4, -0.2) is 44.8 Å². The van der Waals surface area contributed by atoms with Crippen molar-refractivity contribution < 1.29 is 26.9 Å². The molecule has 8 nitrogen and oxygen atoms in total. The van der Waals surface area contributed by atoms with Gasteiger partial charge >= 0.3 is 5.97 Å². The van der Waals surface area contributed by atoms with E-state index in [-0.39, 0.29) is 11.3 Å². The first kappa shape index (κ1) is 19.8. The van der Waals surface area contributed by atoms with Gasteiger partial charge in [-0.3, -0.25) is 8.98 Å². The van der Waals surface area contributed by atoms with Gasteiger partial charge < -0.3 is 9.47 Å². The highest BCUT2D eigenvalue weighted by molar-refractivity contribution is 7.86. The molecule has 1 aliphatic heterocycles. The van der Waals surface area contributed by atoms with Gasteiger partial charge in [-0.05, 0) is 19.1 Å². The summed E-state index contributed by atoms with van der Waals surface area (Å²) >= 11 is 5.90. The standard InChI is InChI=1S/C15H18ClNO7S/c1-9-3-5-11(6-4-9)25(20,21)22-8-14-13(23-10(2)18)7-12(17-19)15(16)24-14/h3-6,12-15H,7-8H2,1-2H3/t12-,13+,14-,15?/m1/s1. The van der Waals surface area contributed by atoms with Gasteiger partial charge in [0.25, 0.3) is 10.1 Å². The SMILES string of the molecule is CC(=O)O[C@H]1C[C@@H](N=O)C(Cl)O[C@@H]1COS(=O)(=O)c1ccc(C)cc1. The zero-order valence-corrected chi connectivity index (χ0v) is 15.2. The molecule has 1 heterocycles. The molecule has 0 spiro atoms. The zero-order valence-electron chi connectivity index (χ0n) is 13.6. The van der Waals surface area contributed by atoms with Crippen LogP contribution in [0.15, 0.2) is 34.3 Å². The minimum absolute atomic E-state index is 0.00666. The minimum atomic E-state index is -4.01. The van der Waals surface area contributed by atoms with Crippen molar-refractivity contribution in [1.29, 1.82) is 0 Å². The van der Waals surface area contributed by atoms with E-state index in [0.717, 1.165) is 5.56 Å². The molecule has 0 aliphatic carbocycles. The molecule has 1 aromatic rings. The summed E-state index contributed by atoms with van der Waals surface area (Å²) < 4.78 is 39.9. The van der Waals surface area contributed by atoms with E-state index in [1.165, 1.54) is 19.1 Å². The molecular weight excluding hydrogens is 374 g/mol. The Balaban J connectivity index is 2.09. The summed E-state index contributed by atoms with van der Waals surface area (Å²) in [6, 6.07) is 5.23. The molecule has 0 aromatic heterocycles. The van der Waals surface area contributed by atoms with Gasteiger partial charge in [-0.15, -0.1) is 0 Å². The van der Waals surface area contributed by atoms with Crippen molar-refractivity contribution in [1.82, 2.24) is 0 Å². The Labute approximate surface area is 150 Å². The molecular formula is C15H18ClNO7S. The third-order valence-electron chi connectivity index (χ3n) is 3.65. The Kier molecular flexibility index (Phi) is 6.50.